The molecule has 1 unspecified atom stereocenters. The van der Waals surface area contributed by atoms with E-state index >= 15 is 0 Å². The zero-order chi connectivity index (χ0) is 40.9. The van der Waals surface area contributed by atoms with Crippen molar-refractivity contribution in [3.8, 4) is 0 Å². The van der Waals surface area contributed by atoms with Crippen molar-refractivity contribution in [1.82, 2.24) is 34.1 Å². The maximum absolute atomic E-state index is 13.5. The average Bonchev–Trinajstić information content (AvgIpc) is 3.74. The number of carbonyl (C=O) groups excluding carboxylic acids is 3. The Morgan fingerprint density at radius 2 is 1.74 bits per heavy atom. The molecule has 2 saturated heterocycles. The van der Waals surface area contributed by atoms with E-state index in [9.17, 15) is 32.3 Å². The SMILES string of the molecule is CSc1cc2nn([C@H]3CC[C@H](CN(C)C4CCN(c5cccc6c5n(C)c(=O)n6C5CCC(=O)NC5=O)CC4)CC3)cc2cc1NC(=O)c1cccc(C(F)(F)F)n1. The largest absolute Gasteiger partial charge is 0.433 e. The summed E-state index contributed by atoms with van der Waals surface area (Å²) in [6.07, 6.45) is 5.82. The Morgan fingerprint density at radius 1 is 1.00 bits per heavy atom. The number of imidazole rings is 1. The van der Waals surface area contributed by atoms with Crippen LogP contribution in [0.1, 0.15) is 79.6 Å². The monoisotopic (exact) mass is 817 g/mol. The molecule has 0 bridgehead atoms. The van der Waals surface area contributed by atoms with Crippen LogP contribution in [0.15, 0.2) is 64.4 Å². The molecule has 2 N–H and O–H groups in total. The summed E-state index contributed by atoms with van der Waals surface area (Å²) < 4.78 is 44.8. The molecule has 1 aliphatic carbocycles. The molecule has 2 aromatic carbocycles. The van der Waals surface area contributed by atoms with Crippen LogP contribution < -0.4 is 21.2 Å². The topological polar surface area (TPSA) is 139 Å². The first-order chi connectivity index (χ1) is 27.8. The number of benzene rings is 2. The molecule has 3 aliphatic rings. The number of thioether (sulfide) groups is 1. The number of fused-ring (bicyclic) bond motifs is 2. The average molecular weight is 818 g/mol. The molecule has 13 nitrogen and oxygen atoms in total. The fourth-order valence-corrected chi connectivity index (χ4v) is 9.59. The molecule has 3 fully saturated rings. The van der Waals surface area contributed by atoms with Crippen molar-refractivity contribution in [1.29, 1.82) is 0 Å². The van der Waals surface area contributed by atoms with E-state index in [2.05, 4.69) is 32.5 Å². The van der Waals surface area contributed by atoms with Crippen LogP contribution in [0, 0.1) is 5.92 Å². The minimum Gasteiger partial charge on any atom is -0.370 e. The van der Waals surface area contributed by atoms with Gasteiger partial charge in [0.05, 0.1) is 34.0 Å². The minimum absolute atomic E-state index is 0.200. The Hall–Kier alpha value is -5.16. The maximum atomic E-state index is 13.5. The zero-order valence-corrected chi connectivity index (χ0v) is 33.4. The highest BCUT2D eigenvalue weighted by atomic mass is 32.2. The van der Waals surface area contributed by atoms with Gasteiger partial charge >= 0.3 is 11.9 Å². The number of para-hydroxylation sites is 1. The van der Waals surface area contributed by atoms with E-state index in [4.69, 9.17) is 5.10 Å². The molecular weight excluding hydrogens is 772 g/mol. The highest BCUT2D eigenvalue weighted by molar-refractivity contribution is 7.98. The Labute approximate surface area is 336 Å². The quantitative estimate of drug-likeness (QED) is 0.128. The Kier molecular flexibility index (Phi) is 10.9. The molecule has 0 spiro atoms. The van der Waals surface area contributed by atoms with Crippen LogP contribution in [0.4, 0.5) is 24.5 Å². The lowest BCUT2D eigenvalue weighted by Gasteiger charge is -2.40. The lowest BCUT2D eigenvalue weighted by molar-refractivity contribution is -0.141. The molecule has 8 rings (SSSR count). The van der Waals surface area contributed by atoms with Gasteiger partial charge in [-0.3, -0.25) is 33.5 Å². The predicted octanol–water partition coefficient (Wildman–Crippen LogP) is 6.39. The summed E-state index contributed by atoms with van der Waals surface area (Å²) in [4.78, 5) is 60.0. The molecule has 5 aromatic rings. The first-order valence-electron chi connectivity index (χ1n) is 19.7. The van der Waals surface area contributed by atoms with E-state index < -0.39 is 29.7 Å². The molecule has 1 saturated carbocycles. The van der Waals surface area contributed by atoms with Crippen LogP contribution in [0.25, 0.3) is 21.9 Å². The number of piperidine rings is 2. The van der Waals surface area contributed by atoms with Gasteiger partial charge in [0.2, 0.25) is 11.8 Å². The summed E-state index contributed by atoms with van der Waals surface area (Å²) in [6, 6.07) is 12.8. The second kappa shape index (κ2) is 15.9. The second-order valence-corrected chi connectivity index (χ2v) is 16.6. The van der Waals surface area contributed by atoms with Crippen molar-refractivity contribution >= 4 is 62.8 Å². The number of aromatic nitrogens is 5. The molecule has 2 aliphatic heterocycles. The number of imide groups is 1. The fourth-order valence-electron chi connectivity index (χ4n) is 9.03. The number of amides is 3. The van der Waals surface area contributed by atoms with Gasteiger partial charge in [-0.1, -0.05) is 12.1 Å². The lowest BCUT2D eigenvalue weighted by Crippen LogP contribution is -2.45. The van der Waals surface area contributed by atoms with E-state index in [1.165, 1.54) is 28.5 Å². The number of anilines is 2. The molecule has 0 radical (unpaired) electrons. The van der Waals surface area contributed by atoms with Gasteiger partial charge < -0.3 is 15.1 Å². The van der Waals surface area contributed by atoms with Crippen LogP contribution in [0.3, 0.4) is 0 Å². The summed E-state index contributed by atoms with van der Waals surface area (Å²) in [5, 5.41) is 10.9. The normalized spacial score (nSPS) is 20.9. The van der Waals surface area contributed by atoms with Crippen molar-refractivity contribution in [3.05, 3.63) is 76.6 Å². The highest BCUT2D eigenvalue weighted by Crippen LogP contribution is 2.37. The number of aryl methyl sites for hydroxylation is 1. The van der Waals surface area contributed by atoms with Crippen molar-refractivity contribution in [2.24, 2.45) is 13.0 Å². The molecule has 58 heavy (non-hydrogen) atoms. The van der Waals surface area contributed by atoms with Crippen LogP contribution in [-0.2, 0) is 22.8 Å². The summed E-state index contributed by atoms with van der Waals surface area (Å²) in [5.74, 6) is -0.901. The molecule has 3 aromatic heterocycles. The van der Waals surface area contributed by atoms with Gasteiger partial charge in [-0.2, -0.15) is 18.3 Å². The summed E-state index contributed by atoms with van der Waals surface area (Å²) >= 11 is 1.42. The first-order valence-corrected chi connectivity index (χ1v) is 20.9. The number of hydrogen-bond acceptors (Lipinski definition) is 9. The van der Waals surface area contributed by atoms with Crippen LogP contribution >= 0.6 is 11.8 Å². The van der Waals surface area contributed by atoms with Crippen LogP contribution in [0.2, 0.25) is 0 Å². The number of nitrogens with one attached hydrogen (secondary N) is 2. The van der Waals surface area contributed by atoms with Gasteiger partial charge in [0, 0.05) is 55.6 Å². The van der Waals surface area contributed by atoms with E-state index in [-0.39, 0.29) is 29.8 Å². The molecule has 5 heterocycles. The highest BCUT2D eigenvalue weighted by Gasteiger charge is 2.35. The Balaban J connectivity index is 0.866. The second-order valence-electron chi connectivity index (χ2n) is 15.7. The van der Waals surface area contributed by atoms with Crippen LogP contribution in [-0.4, -0.2) is 85.5 Å². The number of rotatable bonds is 9. The standard InChI is InChI=1S/C41H46F3N9O4S/c1-49(26-16-18-51(19-17-26)31-7-5-8-32-37(31)50(2)40(57)53(32)33-14-15-36(54)47-39(33)56)22-24-10-12-27(13-11-24)52-23-25-20-30(34(58-3)21-29(25)48-52)46-38(55)28-6-4-9-35(45-28)41(42,43)44/h4-9,20-21,23-24,26-27,33H,10-19,22H2,1-3H3,(H,46,55)(H,47,54,56)/t24-,27-,33?. The third-order valence-corrected chi connectivity index (χ3v) is 12.9. The van der Waals surface area contributed by atoms with E-state index in [1.54, 1.807) is 11.6 Å². The first kappa shape index (κ1) is 39.7. The zero-order valence-electron chi connectivity index (χ0n) is 32.6. The minimum atomic E-state index is -4.65. The predicted molar refractivity (Wildman–Crippen MR) is 216 cm³/mol. The van der Waals surface area contributed by atoms with Gasteiger partial charge in [0.1, 0.15) is 17.4 Å². The van der Waals surface area contributed by atoms with Gasteiger partial charge in [0.15, 0.2) is 0 Å². The lowest BCUT2D eigenvalue weighted by atomic mass is 9.85. The number of alkyl halides is 3. The summed E-state index contributed by atoms with van der Waals surface area (Å²) in [7, 11) is 3.97. The molecule has 1 atom stereocenters. The van der Waals surface area contributed by atoms with Gasteiger partial charge in [-0.05, 0) is 101 Å². The molecular formula is C41H46F3N9O4S. The third-order valence-electron chi connectivity index (χ3n) is 12.1. The third kappa shape index (κ3) is 7.73. The van der Waals surface area contributed by atoms with Gasteiger partial charge in [-0.15, -0.1) is 11.8 Å². The van der Waals surface area contributed by atoms with E-state index in [0.717, 1.165) is 91.2 Å². The Morgan fingerprint density at radius 3 is 2.45 bits per heavy atom. The van der Waals surface area contributed by atoms with Crippen molar-refractivity contribution in [3.63, 3.8) is 0 Å². The van der Waals surface area contributed by atoms with Crippen molar-refractivity contribution in [2.75, 3.05) is 43.2 Å². The van der Waals surface area contributed by atoms with Gasteiger partial charge in [0.25, 0.3) is 5.91 Å². The van der Waals surface area contributed by atoms with Crippen molar-refractivity contribution in [2.45, 2.75) is 80.6 Å². The van der Waals surface area contributed by atoms with E-state index in [0.29, 0.717) is 29.6 Å². The Bertz CT molecular complexity index is 2440. The molecule has 306 valence electrons. The molecule has 17 heteroatoms. The summed E-state index contributed by atoms with van der Waals surface area (Å²) in [5.41, 5.74) is 2.07. The number of carbonyl (C=O) groups is 3. The summed E-state index contributed by atoms with van der Waals surface area (Å²) in [6.45, 7) is 2.70. The number of hydrogen-bond donors (Lipinski definition) is 2. The van der Waals surface area contributed by atoms with Crippen molar-refractivity contribution < 1.29 is 27.6 Å². The van der Waals surface area contributed by atoms with E-state index in [1.807, 2.05) is 47.5 Å². The maximum Gasteiger partial charge on any atom is 0.433 e. The molecule has 3 amide bonds. The van der Waals surface area contributed by atoms with Crippen LogP contribution in [0.5, 0.6) is 0 Å². The fraction of sp³-hybridized carbons (Fsp3) is 0.463. The number of pyridine rings is 1. The number of halogens is 3. The smallest absolute Gasteiger partial charge is 0.370 e. The van der Waals surface area contributed by atoms with Gasteiger partial charge in [-0.25, -0.2) is 9.78 Å². The number of nitrogens with zero attached hydrogens (tertiary/aromatic N) is 7.